The molecule has 71 heavy (non-hydrogen) atoms. The topological polar surface area (TPSA) is 175 Å². The molecule has 2 aliphatic heterocycles. The zero-order chi connectivity index (χ0) is 51.9. The highest BCUT2D eigenvalue weighted by molar-refractivity contribution is 14.1. The number of carbonyl (C=O) groups is 4. The number of nitrogens with one attached hydrogen (secondary N) is 2. The third-order valence-corrected chi connectivity index (χ3v) is 13.5. The molecule has 8 rings (SSSR count). The van der Waals surface area contributed by atoms with E-state index >= 15 is 0 Å². The Kier molecular flexibility index (Phi) is 23.8. The fraction of sp³-hybridized carbons (Fsp3) is 0.269. The third kappa shape index (κ3) is 19.2. The Balaban J connectivity index is 0.000000247. The van der Waals surface area contributed by atoms with Crippen LogP contribution >= 0.6 is 79.4 Å². The number of benzene rings is 4. The quantitative estimate of drug-likeness (QED) is 0.0788. The Morgan fingerprint density at radius 3 is 1.13 bits per heavy atom. The molecule has 2 amide bonds. The molecule has 19 heteroatoms. The average molecular weight is 1320 g/mol. The Morgan fingerprint density at radius 1 is 0.507 bits per heavy atom. The van der Waals surface area contributed by atoms with Crippen LogP contribution in [0.25, 0.3) is 0 Å². The molecule has 0 saturated carbocycles. The third-order valence-electron chi connectivity index (χ3n) is 11.2. The number of hydrogen-bond donors (Lipinski definition) is 3. The first kappa shape index (κ1) is 61.0. The summed E-state index contributed by atoms with van der Waals surface area (Å²) < 4.78 is 26.4. The maximum atomic E-state index is 12.2. The molecule has 0 atom stereocenters. The van der Waals surface area contributed by atoms with Gasteiger partial charge in [0.15, 0.2) is 0 Å². The Morgan fingerprint density at radius 2 is 0.831 bits per heavy atom. The largest absolute Gasteiger partial charge is 0.494 e. The number of pyridine rings is 2. The molecule has 3 N–H and O–H groups in total. The lowest BCUT2D eigenvalue weighted by atomic mass is 9.79. The molecule has 4 heterocycles. The summed E-state index contributed by atoms with van der Waals surface area (Å²) in [5.74, 6) is -0.135. The molecule has 4 aromatic carbocycles. The lowest BCUT2D eigenvalue weighted by Crippen LogP contribution is -2.41. The first-order valence-electron chi connectivity index (χ1n) is 21.7. The van der Waals surface area contributed by atoms with Crippen LogP contribution in [0.15, 0.2) is 146 Å². The second kappa shape index (κ2) is 27.7. The summed E-state index contributed by atoms with van der Waals surface area (Å²) in [4.78, 5) is 53.0. The summed E-state index contributed by atoms with van der Waals surface area (Å²) in [7, 11) is -0.493. The van der Waals surface area contributed by atoms with Gasteiger partial charge in [-0.15, -0.1) is 0 Å². The molecular weight excluding hydrogens is 1260 g/mol. The highest BCUT2D eigenvalue weighted by atomic mass is 127. The van der Waals surface area contributed by atoms with E-state index in [0.717, 1.165) is 16.2 Å². The van der Waals surface area contributed by atoms with Crippen LogP contribution in [-0.2, 0) is 18.6 Å². The lowest BCUT2D eigenvalue weighted by Gasteiger charge is -2.32. The van der Waals surface area contributed by atoms with E-state index in [9.17, 15) is 19.2 Å². The number of hydrogen-bond acceptors (Lipinski definition) is 10. The van der Waals surface area contributed by atoms with Crippen molar-refractivity contribution in [3.8, 4) is 0 Å². The number of rotatable bonds is 7. The van der Waals surface area contributed by atoms with Crippen molar-refractivity contribution in [2.75, 3.05) is 10.6 Å². The van der Waals surface area contributed by atoms with Gasteiger partial charge in [-0.2, -0.15) is 0 Å². The highest BCUT2D eigenvalue weighted by Gasteiger charge is 2.52. The Bertz CT molecular complexity index is 2560. The minimum Gasteiger partial charge on any atom is -0.478 e. The summed E-state index contributed by atoms with van der Waals surface area (Å²) in [5, 5.41) is 13.6. The van der Waals surface area contributed by atoms with Crippen LogP contribution in [0.3, 0.4) is 0 Å². The maximum absolute atomic E-state index is 12.2. The van der Waals surface area contributed by atoms with E-state index in [4.69, 9.17) is 35.3 Å². The van der Waals surface area contributed by atoms with Crippen LogP contribution in [0.4, 0.5) is 11.6 Å². The van der Waals surface area contributed by atoms with Crippen molar-refractivity contribution in [3.63, 3.8) is 0 Å². The molecule has 13 nitrogen and oxygen atoms in total. The number of nitrogens with zero attached hydrogens (tertiary/aromatic N) is 2. The van der Waals surface area contributed by atoms with Crippen molar-refractivity contribution in [2.24, 2.45) is 0 Å². The number of carboxylic acid groups (broad SMARTS) is 1. The molecule has 0 bridgehead atoms. The zero-order valence-corrected chi connectivity index (χ0v) is 47.4. The second-order valence-electron chi connectivity index (χ2n) is 17.5. The average Bonchev–Trinajstić information content (AvgIpc) is 3.65. The minimum absolute atomic E-state index is 0. The predicted molar refractivity (Wildman–Crippen MR) is 310 cm³/mol. The molecule has 2 aliphatic rings. The van der Waals surface area contributed by atoms with Gasteiger partial charge >= 0.3 is 20.2 Å². The molecule has 0 radical (unpaired) electrons. The normalized spacial score (nSPS) is 15.2. The van der Waals surface area contributed by atoms with E-state index in [1.807, 2.05) is 83.0 Å². The van der Waals surface area contributed by atoms with Gasteiger partial charge < -0.3 is 34.4 Å². The van der Waals surface area contributed by atoms with Crippen molar-refractivity contribution in [1.82, 2.24) is 9.97 Å². The lowest BCUT2D eigenvalue weighted by molar-refractivity contribution is 0.00578. The standard InChI is InChI=1S/C18H21BN2O3.C12H9IN2O.C7H15BO2.C7H4ClIO.C7H5IO2.CH4/c1-17(2)18(3,4)24-19(23-17)14-10-8-13(9-11-14)16(22)21-15-7-5-6-12-20-15;13-10-6-4-9(5-7-10)12(16)15-11-3-1-2-8-14-11;1-6(2)7(3,4)10-8(5)9-6;8-7(10)5-1-3-6(9)4-2-5;8-6-3-1-5(2-4-6)7(9)10;/h5-12H,1-4H3,(H,20,21,22);1-8H,(H,14,15,16);1-5H3;1-4H;1-4H,(H,9,10);1H4. The molecule has 0 unspecified atom stereocenters. The first-order chi connectivity index (χ1) is 32.8. The fourth-order valence-corrected chi connectivity index (χ4v) is 7.14. The highest BCUT2D eigenvalue weighted by Crippen LogP contribution is 2.37. The molecule has 2 saturated heterocycles. The van der Waals surface area contributed by atoms with Gasteiger partial charge in [0.05, 0.1) is 28.0 Å². The number of halogens is 4. The van der Waals surface area contributed by atoms with Gasteiger partial charge in [0, 0.05) is 39.8 Å². The molecule has 6 aromatic rings. The summed E-state index contributed by atoms with van der Waals surface area (Å²) in [6, 6.07) is 39.2. The SMILES string of the molecule is C.CB1OC(C)(C)C(C)(C)O1.CC1(C)OB(c2ccc(C(=O)Nc3ccccn3)cc2)OC1(C)C.O=C(Cl)c1ccc(I)cc1.O=C(Nc1ccccn1)c1ccc(I)cc1.O=C(O)c1ccc(I)cc1. The van der Waals surface area contributed by atoms with Crippen LogP contribution in [-0.4, -0.2) is 74.7 Å². The molecule has 0 spiro atoms. The smallest absolute Gasteiger partial charge is 0.478 e. The summed E-state index contributed by atoms with van der Waals surface area (Å²) in [5.41, 5.74) is 1.87. The van der Waals surface area contributed by atoms with Gasteiger partial charge in [-0.3, -0.25) is 14.4 Å². The van der Waals surface area contributed by atoms with Crippen LogP contribution in [0.2, 0.25) is 6.82 Å². The van der Waals surface area contributed by atoms with Gasteiger partial charge in [-0.05, 0) is 256 Å². The monoisotopic (exact) mass is 1320 g/mol. The van der Waals surface area contributed by atoms with Crippen LogP contribution < -0.4 is 16.1 Å². The van der Waals surface area contributed by atoms with Crippen molar-refractivity contribution in [2.45, 2.75) is 92.0 Å². The van der Waals surface area contributed by atoms with Crippen LogP contribution in [0.1, 0.15) is 104 Å². The molecular formula is C52H58B2ClI3N4O9. The number of amides is 2. The fourth-order valence-electron chi connectivity index (χ4n) is 5.93. The maximum Gasteiger partial charge on any atom is 0.494 e. The first-order valence-corrected chi connectivity index (χ1v) is 25.4. The summed E-state index contributed by atoms with van der Waals surface area (Å²) in [6.07, 6.45) is 3.28. The van der Waals surface area contributed by atoms with Crippen LogP contribution in [0.5, 0.6) is 0 Å². The number of carbonyl (C=O) groups excluding carboxylic acids is 3. The molecule has 2 aromatic heterocycles. The summed E-state index contributed by atoms with van der Waals surface area (Å²) in [6.45, 7) is 18.2. The summed E-state index contributed by atoms with van der Waals surface area (Å²) >= 11 is 11.7. The van der Waals surface area contributed by atoms with E-state index in [1.165, 1.54) is 0 Å². The second-order valence-corrected chi connectivity index (χ2v) is 21.6. The number of aromatic nitrogens is 2. The van der Waals surface area contributed by atoms with Gasteiger partial charge in [0.25, 0.3) is 17.1 Å². The minimum atomic E-state index is -0.878. The Labute approximate surface area is 464 Å². The van der Waals surface area contributed by atoms with Gasteiger partial charge in [0.1, 0.15) is 11.6 Å². The van der Waals surface area contributed by atoms with Crippen molar-refractivity contribution in [3.05, 3.63) is 179 Å². The van der Waals surface area contributed by atoms with E-state index in [0.29, 0.717) is 33.9 Å². The van der Waals surface area contributed by atoms with Crippen molar-refractivity contribution < 1.29 is 42.9 Å². The van der Waals surface area contributed by atoms with Crippen LogP contribution in [0, 0.1) is 10.7 Å². The van der Waals surface area contributed by atoms with Crippen molar-refractivity contribution in [1.29, 1.82) is 0 Å². The van der Waals surface area contributed by atoms with E-state index < -0.39 is 18.3 Å². The predicted octanol–water partition coefficient (Wildman–Crippen LogP) is 12.6. The van der Waals surface area contributed by atoms with E-state index in [2.05, 4.69) is 116 Å². The molecule has 374 valence electrons. The molecule has 2 fully saturated rings. The van der Waals surface area contributed by atoms with Gasteiger partial charge in [0.2, 0.25) is 0 Å². The number of aromatic carboxylic acids is 1. The van der Waals surface area contributed by atoms with Gasteiger partial charge in [-0.25, -0.2) is 14.8 Å². The molecule has 0 aliphatic carbocycles. The van der Waals surface area contributed by atoms with E-state index in [-0.39, 0.29) is 48.8 Å². The number of anilines is 2. The number of carboxylic acids is 1. The van der Waals surface area contributed by atoms with Crippen molar-refractivity contribution >= 4 is 134 Å². The Hall–Kier alpha value is -4.29. The zero-order valence-electron chi connectivity index (χ0n) is 40.1. The van der Waals surface area contributed by atoms with Gasteiger partial charge in [-0.1, -0.05) is 31.7 Å². The van der Waals surface area contributed by atoms with E-state index in [1.54, 1.807) is 97.3 Å².